The molecule has 35 heavy (non-hydrogen) atoms. The van der Waals surface area contributed by atoms with Gasteiger partial charge in [-0.15, -0.1) is 0 Å². The Morgan fingerprint density at radius 3 is 2.31 bits per heavy atom. The maximum Gasteiger partial charge on any atom is 0.259 e. The van der Waals surface area contributed by atoms with E-state index >= 15 is 0 Å². The molecule has 7 nitrogen and oxygen atoms in total. The second-order valence-electron chi connectivity index (χ2n) is 10.7. The van der Waals surface area contributed by atoms with Crippen LogP contribution >= 0.6 is 0 Å². The molecule has 1 aromatic heterocycles. The van der Waals surface area contributed by atoms with Crippen molar-refractivity contribution in [3.8, 4) is 0 Å². The minimum atomic E-state index is -0.542. The number of nitrogens with zero attached hydrogens (tertiary/aromatic N) is 3. The lowest BCUT2D eigenvalue weighted by atomic mass is 10.1. The Kier molecular flexibility index (Phi) is 8.48. The molecule has 1 saturated heterocycles. The van der Waals surface area contributed by atoms with Gasteiger partial charge in [-0.3, -0.25) is 19.3 Å². The van der Waals surface area contributed by atoms with E-state index in [1.165, 1.54) is 12.1 Å². The van der Waals surface area contributed by atoms with Crippen molar-refractivity contribution in [3.63, 3.8) is 0 Å². The molecule has 1 N–H and O–H groups in total. The molecule has 0 atom stereocenters. The van der Waals surface area contributed by atoms with E-state index in [1.807, 2.05) is 26.8 Å². The largest absolute Gasteiger partial charge is 0.352 e. The molecule has 0 aliphatic carbocycles. The third-order valence-corrected chi connectivity index (χ3v) is 5.96. The van der Waals surface area contributed by atoms with Gasteiger partial charge in [0.15, 0.2) is 0 Å². The number of halogens is 1. The first kappa shape index (κ1) is 26.6. The first-order valence-electron chi connectivity index (χ1n) is 12.3. The van der Waals surface area contributed by atoms with E-state index in [0.717, 1.165) is 12.0 Å². The molecular weight excluding hydrogens is 447 g/mol. The highest BCUT2D eigenvalue weighted by atomic mass is 19.1. The normalized spacial score (nSPS) is 14.9. The number of carbonyl (C=O) groups excluding carboxylic acids is 2. The molecule has 1 aromatic carbocycles. The Labute approximate surface area is 206 Å². The third-order valence-electron chi connectivity index (χ3n) is 5.96. The van der Waals surface area contributed by atoms with Crippen LogP contribution < -0.4 is 10.7 Å². The summed E-state index contributed by atoms with van der Waals surface area (Å²) in [7, 11) is 0. The van der Waals surface area contributed by atoms with Crippen molar-refractivity contribution in [1.82, 2.24) is 19.7 Å². The SMILES string of the molecule is CC(C)CCn1cc(C(=O)NC(C)(C)C)c(=O)c(C(=O)N2CCN(Cc3cccc(F)c3)CC2)c1. The molecule has 1 aliphatic rings. The summed E-state index contributed by atoms with van der Waals surface area (Å²) in [6, 6.07) is 6.52. The zero-order valence-electron chi connectivity index (χ0n) is 21.4. The zero-order valence-corrected chi connectivity index (χ0v) is 21.4. The van der Waals surface area contributed by atoms with Crippen LogP contribution in [0, 0.1) is 11.7 Å². The van der Waals surface area contributed by atoms with E-state index in [1.54, 1.807) is 27.9 Å². The molecule has 1 fully saturated rings. The van der Waals surface area contributed by atoms with E-state index < -0.39 is 16.9 Å². The van der Waals surface area contributed by atoms with E-state index in [-0.39, 0.29) is 22.9 Å². The van der Waals surface area contributed by atoms with E-state index in [2.05, 4.69) is 24.1 Å². The minimum absolute atomic E-state index is 0.0146. The van der Waals surface area contributed by atoms with Gasteiger partial charge in [0.05, 0.1) is 0 Å². The lowest BCUT2D eigenvalue weighted by Crippen LogP contribution is -2.49. The van der Waals surface area contributed by atoms with Crippen LogP contribution in [0.1, 0.15) is 67.3 Å². The second-order valence-corrected chi connectivity index (χ2v) is 10.7. The maximum atomic E-state index is 13.5. The number of piperazine rings is 1. The molecule has 0 spiro atoms. The van der Waals surface area contributed by atoms with Crippen molar-refractivity contribution < 1.29 is 14.0 Å². The molecule has 2 heterocycles. The number of hydrogen-bond donors (Lipinski definition) is 1. The average molecular weight is 485 g/mol. The lowest BCUT2D eigenvalue weighted by Gasteiger charge is -2.34. The van der Waals surface area contributed by atoms with Gasteiger partial charge in [-0.2, -0.15) is 0 Å². The van der Waals surface area contributed by atoms with Crippen molar-refractivity contribution in [2.45, 2.75) is 59.7 Å². The number of carbonyl (C=O) groups is 2. The topological polar surface area (TPSA) is 74.6 Å². The van der Waals surface area contributed by atoms with E-state index in [4.69, 9.17) is 0 Å². The summed E-state index contributed by atoms with van der Waals surface area (Å²) in [6.45, 7) is 13.1. The van der Waals surface area contributed by atoms with Gasteiger partial charge in [0.1, 0.15) is 16.9 Å². The van der Waals surface area contributed by atoms with Crippen LogP contribution in [-0.2, 0) is 13.1 Å². The lowest BCUT2D eigenvalue weighted by molar-refractivity contribution is 0.0626. The van der Waals surface area contributed by atoms with Crippen LogP contribution in [0.4, 0.5) is 4.39 Å². The summed E-state index contributed by atoms with van der Waals surface area (Å²) in [6.07, 6.45) is 4.00. The summed E-state index contributed by atoms with van der Waals surface area (Å²) in [5.74, 6) is -0.661. The van der Waals surface area contributed by atoms with Gasteiger partial charge in [-0.1, -0.05) is 26.0 Å². The van der Waals surface area contributed by atoms with Gasteiger partial charge in [0, 0.05) is 57.2 Å². The van der Waals surface area contributed by atoms with Crippen LogP contribution in [-0.4, -0.2) is 57.9 Å². The zero-order chi connectivity index (χ0) is 25.8. The fraction of sp³-hybridized carbons (Fsp3) is 0.519. The predicted molar refractivity (Wildman–Crippen MR) is 135 cm³/mol. The number of aryl methyl sites for hydroxylation is 1. The number of pyridine rings is 1. The van der Waals surface area contributed by atoms with Gasteiger partial charge in [0.2, 0.25) is 5.43 Å². The highest BCUT2D eigenvalue weighted by Crippen LogP contribution is 2.13. The average Bonchev–Trinajstić information content (AvgIpc) is 2.77. The minimum Gasteiger partial charge on any atom is -0.352 e. The summed E-state index contributed by atoms with van der Waals surface area (Å²) in [4.78, 5) is 43.3. The first-order valence-corrected chi connectivity index (χ1v) is 12.3. The number of nitrogens with one attached hydrogen (secondary N) is 1. The Bertz CT molecular complexity index is 1110. The number of aromatic nitrogens is 1. The van der Waals surface area contributed by atoms with Crippen molar-refractivity contribution in [3.05, 3.63) is 69.4 Å². The predicted octanol–water partition coefficient (Wildman–Crippen LogP) is 3.52. The summed E-state index contributed by atoms with van der Waals surface area (Å²) < 4.78 is 15.3. The molecule has 190 valence electrons. The van der Waals surface area contributed by atoms with Gasteiger partial charge in [-0.25, -0.2) is 4.39 Å². The fourth-order valence-electron chi connectivity index (χ4n) is 4.06. The van der Waals surface area contributed by atoms with Gasteiger partial charge in [-0.05, 0) is 50.8 Å². The molecule has 1 aliphatic heterocycles. The Hall–Kier alpha value is -3.00. The maximum absolute atomic E-state index is 13.5. The number of amides is 2. The molecule has 0 saturated carbocycles. The molecule has 0 unspecified atom stereocenters. The number of benzene rings is 1. The Morgan fingerprint density at radius 1 is 1.06 bits per heavy atom. The van der Waals surface area contributed by atoms with Crippen molar-refractivity contribution in [1.29, 1.82) is 0 Å². The number of hydrogen-bond acceptors (Lipinski definition) is 4. The highest BCUT2D eigenvalue weighted by Gasteiger charge is 2.27. The van der Waals surface area contributed by atoms with Crippen LogP contribution in [0.15, 0.2) is 41.5 Å². The molecule has 0 bridgehead atoms. The van der Waals surface area contributed by atoms with Crippen LogP contribution in [0.25, 0.3) is 0 Å². The first-order chi connectivity index (χ1) is 16.4. The summed E-state index contributed by atoms with van der Waals surface area (Å²) in [5.41, 5.74) is -0.159. The third kappa shape index (κ3) is 7.49. The van der Waals surface area contributed by atoms with E-state index in [9.17, 15) is 18.8 Å². The van der Waals surface area contributed by atoms with Crippen LogP contribution in [0.3, 0.4) is 0 Å². The molecule has 2 amide bonds. The quantitative estimate of drug-likeness (QED) is 0.653. The van der Waals surface area contributed by atoms with Crippen LogP contribution in [0.2, 0.25) is 0 Å². The molecule has 2 aromatic rings. The van der Waals surface area contributed by atoms with Crippen molar-refractivity contribution in [2.24, 2.45) is 5.92 Å². The Balaban J connectivity index is 1.78. The molecular formula is C27H37FN4O3. The van der Waals surface area contributed by atoms with E-state index in [0.29, 0.717) is 45.2 Å². The van der Waals surface area contributed by atoms with Crippen LogP contribution in [0.5, 0.6) is 0 Å². The second kappa shape index (κ2) is 11.2. The fourth-order valence-corrected chi connectivity index (χ4v) is 4.06. The van der Waals surface area contributed by atoms with Gasteiger partial charge < -0.3 is 14.8 Å². The smallest absolute Gasteiger partial charge is 0.259 e. The standard InChI is InChI=1S/C27H37FN4O3/c1-19(2)9-10-31-17-22(25(34)29-27(3,4)5)24(33)23(18-31)26(35)32-13-11-30(12-14-32)16-20-7-6-8-21(28)15-20/h6-8,15,17-19H,9-14,16H2,1-5H3,(H,29,34). The highest BCUT2D eigenvalue weighted by molar-refractivity contribution is 5.99. The van der Waals surface area contributed by atoms with Crippen molar-refractivity contribution >= 4 is 11.8 Å². The monoisotopic (exact) mass is 484 g/mol. The summed E-state index contributed by atoms with van der Waals surface area (Å²) in [5, 5.41) is 2.84. The summed E-state index contributed by atoms with van der Waals surface area (Å²) >= 11 is 0. The molecule has 0 radical (unpaired) electrons. The molecule has 3 rings (SSSR count). The van der Waals surface area contributed by atoms with Crippen molar-refractivity contribution in [2.75, 3.05) is 26.2 Å². The van der Waals surface area contributed by atoms with Gasteiger partial charge >= 0.3 is 0 Å². The molecule has 8 heteroatoms. The van der Waals surface area contributed by atoms with Gasteiger partial charge in [0.25, 0.3) is 11.8 Å². The Morgan fingerprint density at radius 2 is 1.71 bits per heavy atom. The number of rotatable bonds is 7.